The van der Waals surface area contributed by atoms with Gasteiger partial charge in [-0.3, -0.25) is 9.59 Å². The van der Waals surface area contributed by atoms with Crippen LogP contribution in [0.4, 0.5) is 0 Å². The molecule has 0 radical (unpaired) electrons. The molecule has 0 fully saturated rings. The second kappa shape index (κ2) is 8.55. The number of aryl methyl sites for hydroxylation is 1. The lowest BCUT2D eigenvalue weighted by Crippen LogP contribution is -2.33. The first-order valence-corrected chi connectivity index (χ1v) is 10.7. The van der Waals surface area contributed by atoms with Crippen LogP contribution in [0.2, 0.25) is 5.02 Å². The maximum Gasteiger partial charge on any atom is 0.254 e. The second-order valence-electron chi connectivity index (χ2n) is 8.19. The minimum atomic E-state index is -0.295. The van der Waals surface area contributed by atoms with Crippen LogP contribution in [0.5, 0.6) is 0 Å². The molecular weight excluding hydrogens is 412 g/mol. The third-order valence-electron chi connectivity index (χ3n) is 5.53. The number of nitrogens with zero attached hydrogens (tertiary/aromatic N) is 2. The van der Waals surface area contributed by atoms with Gasteiger partial charge in [-0.05, 0) is 54.8 Å². The maximum atomic E-state index is 13.0. The Morgan fingerprint density at radius 3 is 2.55 bits per heavy atom. The number of fused-ring (bicyclic) bond motifs is 1. The van der Waals surface area contributed by atoms with Crippen LogP contribution in [0.15, 0.2) is 48.6 Å². The van der Waals surface area contributed by atoms with Crippen molar-refractivity contribution in [2.24, 2.45) is 5.92 Å². The van der Waals surface area contributed by atoms with Crippen molar-refractivity contribution in [1.29, 1.82) is 0 Å². The van der Waals surface area contributed by atoms with E-state index in [9.17, 15) is 9.59 Å². The minimum Gasteiger partial charge on any atom is -0.342 e. The second-order valence-corrected chi connectivity index (χ2v) is 8.63. The molecule has 160 valence electrons. The fraction of sp³-hybridized carbons (Fsp3) is 0.292. The van der Waals surface area contributed by atoms with Crippen LogP contribution in [0.1, 0.15) is 52.0 Å². The Bertz CT molecular complexity index is 1170. The number of carbonyl (C=O) groups excluding carboxylic acids is 2. The van der Waals surface area contributed by atoms with E-state index < -0.39 is 0 Å². The molecule has 0 aliphatic carbocycles. The van der Waals surface area contributed by atoms with E-state index in [1.807, 2.05) is 45.1 Å². The van der Waals surface area contributed by atoms with Crippen LogP contribution in [0.3, 0.4) is 0 Å². The summed E-state index contributed by atoms with van der Waals surface area (Å²) < 4.78 is 0. The van der Waals surface area contributed by atoms with Crippen LogP contribution >= 0.6 is 11.6 Å². The molecular formula is C24H25ClN4O2. The predicted molar refractivity (Wildman–Crippen MR) is 122 cm³/mol. The average Bonchev–Trinajstić information content (AvgIpc) is 3.40. The first-order valence-electron chi connectivity index (χ1n) is 10.3. The zero-order valence-electron chi connectivity index (χ0n) is 17.8. The highest BCUT2D eigenvalue weighted by molar-refractivity contribution is 6.31. The van der Waals surface area contributed by atoms with Gasteiger partial charge in [0, 0.05) is 29.2 Å². The lowest BCUT2D eigenvalue weighted by atomic mass is 10.0. The number of benzene rings is 2. The molecule has 31 heavy (non-hydrogen) atoms. The third kappa shape index (κ3) is 4.35. The number of H-pyrrole nitrogens is 1. The van der Waals surface area contributed by atoms with Gasteiger partial charge in [-0.15, -0.1) is 0 Å². The summed E-state index contributed by atoms with van der Waals surface area (Å²) in [5.41, 5.74) is 3.55. The SMILES string of the molecule is Cc1cc(C(=O)NC(c2nc3ccc(Cl)cc3[nH]2)C(C)C)ccc1C(=O)N1CC=CC1. The molecule has 1 unspecified atom stereocenters. The molecule has 4 rings (SSSR count). The van der Waals surface area contributed by atoms with Crippen LogP contribution in [0, 0.1) is 12.8 Å². The first kappa shape index (κ1) is 21.1. The first-order chi connectivity index (χ1) is 14.8. The van der Waals surface area contributed by atoms with Gasteiger partial charge in [0.2, 0.25) is 0 Å². The molecule has 3 aromatic rings. The summed E-state index contributed by atoms with van der Waals surface area (Å²) in [6, 6.07) is 10.4. The standard InChI is InChI=1S/C24H25ClN4O2/c1-14(2)21(22-26-19-9-7-17(25)13-20(19)27-22)28-23(30)16-6-8-18(15(3)12-16)24(31)29-10-4-5-11-29/h4-9,12-14,21H,10-11H2,1-3H3,(H,26,27)(H,28,30). The van der Waals surface area contributed by atoms with E-state index in [1.165, 1.54) is 0 Å². The highest BCUT2D eigenvalue weighted by atomic mass is 35.5. The molecule has 0 spiro atoms. The Balaban J connectivity index is 1.54. The summed E-state index contributed by atoms with van der Waals surface area (Å²) >= 11 is 6.08. The maximum absolute atomic E-state index is 13.0. The van der Waals surface area contributed by atoms with Crippen LogP contribution in [0.25, 0.3) is 11.0 Å². The van der Waals surface area contributed by atoms with E-state index in [0.717, 1.165) is 16.6 Å². The quantitative estimate of drug-likeness (QED) is 0.571. The van der Waals surface area contributed by atoms with E-state index in [1.54, 1.807) is 29.2 Å². The zero-order chi connectivity index (χ0) is 22.1. The highest BCUT2D eigenvalue weighted by Gasteiger charge is 2.24. The van der Waals surface area contributed by atoms with Crippen molar-refractivity contribution >= 4 is 34.4 Å². The summed E-state index contributed by atoms with van der Waals surface area (Å²) in [6.45, 7) is 7.17. The van der Waals surface area contributed by atoms with Crippen molar-refractivity contribution in [2.75, 3.05) is 13.1 Å². The molecule has 1 atom stereocenters. The molecule has 1 aromatic heterocycles. The molecule has 6 nitrogen and oxygen atoms in total. The van der Waals surface area contributed by atoms with E-state index in [4.69, 9.17) is 11.6 Å². The summed E-state index contributed by atoms with van der Waals surface area (Å²) in [6.07, 6.45) is 3.96. The van der Waals surface area contributed by atoms with E-state index in [-0.39, 0.29) is 23.8 Å². The zero-order valence-corrected chi connectivity index (χ0v) is 18.5. The number of amides is 2. The van der Waals surface area contributed by atoms with E-state index in [0.29, 0.717) is 35.1 Å². The van der Waals surface area contributed by atoms with Crippen LogP contribution < -0.4 is 5.32 Å². The van der Waals surface area contributed by atoms with Gasteiger partial charge in [0.15, 0.2) is 0 Å². The fourth-order valence-electron chi connectivity index (χ4n) is 3.78. The smallest absolute Gasteiger partial charge is 0.254 e. The normalized spacial score (nSPS) is 14.4. The summed E-state index contributed by atoms with van der Waals surface area (Å²) in [4.78, 5) is 35.4. The Labute approximate surface area is 186 Å². The number of halogens is 1. The summed E-state index contributed by atoms with van der Waals surface area (Å²) in [5.74, 6) is 0.577. The van der Waals surface area contributed by atoms with Crippen LogP contribution in [-0.4, -0.2) is 39.8 Å². The molecule has 0 saturated carbocycles. The van der Waals surface area contributed by atoms with Gasteiger partial charge in [0.25, 0.3) is 11.8 Å². The predicted octanol–water partition coefficient (Wildman–Crippen LogP) is 4.66. The van der Waals surface area contributed by atoms with Gasteiger partial charge in [0.1, 0.15) is 5.82 Å². The lowest BCUT2D eigenvalue weighted by Gasteiger charge is -2.21. The Kier molecular flexibility index (Phi) is 5.83. The molecule has 1 aliphatic rings. The number of hydrogen-bond donors (Lipinski definition) is 2. The molecule has 2 N–H and O–H groups in total. The lowest BCUT2D eigenvalue weighted by molar-refractivity contribution is 0.0798. The number of imidazole rings is 1. The van der Waals surface area contributed by atoms with Crippen LogP contribution in [-0.2, 0) is 0 Å². The summed E-state index contributed by atoms with van der Waals surface area (Å²) in [5, 5.41) is 3.71. The van der Waals surface area contributed by atoms with Gasteiger partial charge >= 0.3 is 0 Å². The molecule has 2 amide bonds. The summed E-state index contributed by atoms with van der Waals surface area (Å²) in [7, 11) is 0. The van der Waals surface area contributed by atoms with E-state index in [2.05, 4.69) is 15.3 Å². The fourth-order valence-corrected chi connectivity index (χ4v) is 3.96. The Morgan fingerprint density at radius 1 is 1.13 bits per heavy atom. The van der Waals surface area contributed by atoms with Crippen molar-refractivity contribution in [2.45, 2.75) is 26.8 Å². The molecule has 0 bridgehead atoms. The van der Waals surface area contributed by atoms with Gasteiger partial charge < -0.3 is 15.2 Å². The third-order valence-corrected chi connectivity index (χ3v) is 5.77. The van der Waals surface area contributed by atoms with Crippen molar-refractivity contribution in [3.63, 3.8) is 0 Å². The van der Waals surface area contributed by atoms with Gasteiger partial charge in [-0.1, -0.05) is 37.6 Å². The monoisotopic (exact) mass is 436 g/mol. The molecule has 7 heteroatoms. The molecule has 2 heterocycles. The van der Waals surface area contributed by atoms with Crippen molar-refractivity contribution < 1.29 is 9.59 Å². The number of nitrogens with one attached hydrogen (secondary N) is 2. The Hall–Kier alpha value is -3.12. The van der Waals surface area contributed by atoms with Crippen molar-refractivity contribution in [3.05, 3.63) is 76.1 Å². The van der Waals surface area contributed by atoms with Gasteiger partial charge in [-0.25, -0.2) is 4.98 Å². The van der Waals surface area contributed by atoms with Gasteiger partial charge in [0.05, 0.1) is 17.1 Å². The number of aromatic nitrogens is 2. The van der Waals surface area contributed by atoms with Gasteiger partial charge in [-0.2, -0.15) is 0 Å². The number of hydrogen-bond acceptors (Lipinski definition) is 3. The molecule has 2 aromatic carbocycles. The largest absolute Gasteiger partial charge is 0.342 e. The Morgan fingerprint density at radius 2 is 1.87 bits per heavy atom. The highest BCUT2D eigenvalue weighted by Crippen LogP contribution is 2.25. The number of rotatable bonds is 5. The molecule has 0 saturated heterocycles. The number of aromatic amines is 1. The average molecular weight is 437 g/mol. The van der Waals surface area contributed by atoms with Crippen molar-refractivity contribution in [1.82, 2.24) is 20.2 Å². The molecule has 1 aliphatic heterocycles. The number of carbonyl (C=O) groups is 2. The van der Waals surface area contributed by atoms with Crippen molar-refractivity contribution in [3.8, 4) is 0 Å². The van der Waals surface area contributed by atoms with E-state index >= 15 is 0 Å². The topological polar surface area (TPSA) is 78.1 Å². The minimum absolute atomic E-state index is 0.0181.